The zero-order valence-corrected chi connectivity index (χ0v) is 14.6. The van der Waals surface area contributed by atoms with Gasteiger partial charge in [0.2, 0.25) is 5.95 Å². The van der Waals surface area contributed by atoms with Crippen LogP contribution in [0.3, 0.4) is 0 Å². The van der Waals surface area contributed by atoms with Crippen LogP contribution in [0.4, 0.5) is 10.3 Å². The van der Waals surface area contributed by atoms with E-state index in [9.17, 15) is 9.50 Å². The van der Waals surface area contributed by atoms with Gasteiger partial charge < -0.3 is 15.6 Å². The zero-order valence-electron chi connectivity index (χ0n) is 13.9. The van der Waals surface area contributed by atoms with Gasteiger partial charge in [-0.15, -0.1) is 0 Å². The fourth-order valence-corrected chi connectivity index (χ4v) is 3.49. The lowest BCUT2D eigenvalue weighted by atomic mass is 10.1. The van der Waals surface area contributed by atoms with Crippen LogP contribution in [0.1, 0.15) is 25.7 Å². The molecule has 2 aromatic carbocycles. The Kier molecular flexibility index (Phi) is 4.28. The Hall–Kier alpha value is -2.60. The van der Waals surface area contributed by atoms with E-state index in [-0.39, 0.29) is 22.8 Å². The summed E-state index contributed by atoms with van der Waals surface area (Å²) in [6.07, 6.45) is 4.31. The van der Waals surface area contributed by atoms with E-state index in [2.05, 4.69) is 9.97 Å². The molecule has 0 radical (unpaired) electrons. The van der Waals surface area contributed by atoms with Crippen LogP contribution in [0.25, 0.3) is 22.2 Å². The van der Waals surface area contributed by atoms with Crippen LogP contribution < -0.4 is 10.5 Å². The summed E-state index contributed by atoms with van der Waals surface area (Å²) in [6.45, 7) is 0. The fourth-order valence-electron chi connectivity index (χ4n) is 3.31. The van der Waals surface area contributed by atoms with Gasteiger partial charge in [0.05, 0.1) is 22.3 Å². The summed E-state index contributed by atoms with van der Waals surface area (Å²) in [5.74, 6) is -0.0554. The van der Waals surface area contributed by atoms with Crippen LogP contribution in [-0.2, 0) is 0 Å². The quantitative estimate of drug-likeness (QED) is 0.695. The Morgan fingerprint density at radius 1 is 1.15 bits per heavy atom. The summed E-state index contributed by atoms with van der Waals surface area (Å²) >= 11 is 5.89. The molecule has 0 atom stereocenters. The van der Waals surface area contributed by atoms with E-state index in [0.717, 1.165) is 25.7 Å². The minimum atomic E-state index is -0.517. The van der Waals surface area contributed by atoms with Crippen molar-refractivity contribution in [3.8, 4) is 22.8 Å². The number of phenolic OH excluding ortho intramolecular Hbond substituents is 1. The molecular weight excluding hydrogens is 357 g/mol. The predicted octanol–water partition coefficient (Wildman–Crippen LogP) is 4.70. The number of rotatable bonds is 3. The molecule has 7 heteroatoms. The lowest BCUT2D eigenvalue weighted by molar-refractivity contribution is 0.202. The maximum Gasteiger partial charge on any atom is 0.221 e. The average molecular weight is 374 g/mol. The second-order valence-corrected chi connectivity index (χ2v) is 6.83. The first-order valence-electron chi connectivity index (χ1n) is 8.43. The predicted molar refractivity (Wildman–Crippen MR) is 98.9 cm³/mol. The molecule has 3 N–H and O–H groups in total. The average Bonchev–Trinajstić information content (AvgIpc) is 3.11. The van der Waals surface area contributed by atoms with E-state index in [0.29, 0.717) is 27.9 Å². The number of hydrogen-bond donors (Lipinski definition) is 2. The first-order chi connectivity index (χ1) is 12.5. The van der Waals surface area contributed by atoms with E-state index >= 15 is 0 Å². The van der Waals surface area contributed by atoms with E-state index in [4.69, 9.17) is 22.1 Å². The molecule has 1 aliphatic rings. The molecule has 1 aliphatic carbocycles. The zero-order chi connectivity index (χ0) is 18.3. The number of anilines is 1. The third kappa shape index (κ3) is 3.12. The van der Waals surface area contributed by atoms with Gasteiger partial charge in [-0.2, -0.15) is 0 Å². The Morgan fingerprint density at radius 2 is 1.92 bits per heavy atom. The van der Waals surface area contributed by atoms with Crippen molar-refractivity contribution in [1.82, 2.24) is 9.97 Å². The third-order valence-corrected chi connectivity index (χ3v) is 4.87. The molecule has 3 aromatic rings. The lowest BCUT2D eigenvalue weighted by Gasteiger charge is -2.15. The van der Waals surface area contributed by atoms with Crippen LogP contribution in [0.15, 0.2) is 30.3 Å². The van der Waals surface area contributed by atoms with Gasteiger partial charge in [0.25, 0.3) is 0 Å². The molecule has 0 bridgehead atoms. The Morgan fingerprint density at radius 3 is 2.65 bits per heavy atom. The lowest BCUT2D eigenvalue weighted by Crippen LogP contribution is -2.11. The van der Waals surface area contributed by atoms with Crippen molar-refractivity contribution in [2.75, 3.05) is 5.73 Å². The van der Waals surface area contributed by atoms with Gasteiger partial charge >= 0.3 is 0 Å². The molecule has 1 aromatic heterocycles. The summed E-state index contributed by atoms with van der Waals surface area (Å²) in [6, 6.07) is 7.50. The standard InChI is InChI=1S/C19H17ClFN3O2/c20-13-7-10(5-6-14(13)21)18-12-8-16(25)17(26-11-3-1-2-4-11)9-15(12)23-19(22)24-18/h5-9,11,25H,1-4H2,(H2,22,23,24). The highest BCUT2D eigenvalue weighted by Gasteiger charge is 2.20. The normalized spacial score (nSPS) is 14.8. The molecule has 4 rings (SSSR count). The first kappa shape index (κ1) is 16.8. The number of ether oxygens (including phenoxy) is 1. The Bertz CT molecular complexity index is 990. The molecular formula is C19H17ClFN3O2. The topological polar surface area (TPSA) is 81.3 Å². The maximum absolute atomic E-state index is 13.5. The molecule has 1 heterocycles. The molecule has 0 aliphatic heterocycles. The highest BCUT2D eigenvalue weighted by molar-refractivity contribution is 6.31. The van der Waals surface area contributed by atoms with Gasteiger partial charge in [0.15, 0.2) is 11.5 Å². The van der Waals surface area contributed by atoms with Crippen molar-refractivity contribution < 1.29 is 14.2 Å². The van der Waals surface area contributed by atoms with E-state index < -0.39 is 5.82 Å². The second kappa shape index (κ2) is 6.61. The molecule has 0 spiro atoms. The summed E-state index contributed by atoms with van der Waals surface area (Å²) in [5.41, 5.74) is 7.44. The monoisotopic (exact) mass is 373 g/mol. The molecule has 1 fully saturated rings. The highest BCUT2D eigenvalue weighted by Crippen LogP contribution is 2.37. The Labute approximate surface area is 154 Å². The summed E-state index contributed by atoms with van der Waals surface area (Å²) < 4.78 is 19.4. The summed E-state index contributed by atoms with van der Waals surface area (Å²) in [5, 5.41) is 11.0. The smallest absolute Gasteiger partial charge is 0.221 e. The minimum absolute atomic E-state index is 0.00669. The summed E-state index contributed by atoms with van der Waals surface area (Å²) in [4.78, 5) is 8.50. The molecule has 5 nitrogen and oxygen atoms in total. The number of aromatic nitrogens is 2. The largest absolute Gasteiger partial charge is 0.504 e. The molecule has 0 amide bonds. The number of benzene rings is 2. The van der Waals surface area contributed by atoms with Crippen molar-refractivity contribution in [1.29, 1.82) is 0 Å². The Balaban J connectivity index is 1.83. The van der Waals surface area contributed by atoms with Gasteiger partial charge in [-0.1, -0.05) is 11.6 Å². The van der Waals surface area contributed by atoms with Crippen LogP contribution in [-0.4, -0.2) is 21.2 Å². The second-order valence-electron chi connectivity index (χ2n) is 6.42. The van der Waals surface area contributed by atoms with E-state index in [1.54, 1.807) is 18.2 Å². The number of nitrogens with two attached hydrogens (primary N) is 1. The highest BCUT2D eigenvalue weighted by atomic mass is 35.5. The number of nitrogen functional groups attached to an aromatic ring is 1. The van der Waals surface area contributed by atoms with Gasteiger partial charge in [-0.05, 0) is 49.9 Å². The molecule has 0 unspecified atom stereocenters. The van der Waals surface area contributed by atoms with Crippen LogP contribution in [0.2, 0.25) is 5.02 Å². The van der Waals surface area contributed by atoms with Gasteiger partial charge in [0.1, 0.15) is 5.82 Å². The number of nitrogens with zero attached hydrogens (tertiary/aromatic N) is 2. The number of phenols is 1. The maximum atomic E-state index is 13.5. The van der Waals surface area contributed by atoms with E-state index in [1.165, 1.54) is 12.1 Å². The third-order valence-electron chi connectivity index (χ3n) is 4.58. The van der Waals surface area contributed by atoms with Gasteiger partial charge in [0, 0.05) is 17.0 Å². The van der Waals surface area contributed by atoms with Crippen LogP contribution in [0, 0.1) is 5.82 Å². The van der Waals surface area contributed by atoms with Crippen molar-refractivity contribution in [2.45, 2.75) is 31.8 Å². The number of aromatic hydroxyl groups is 1. The molecule has 1 saturated carbocycles. The van der Waals surface area contributed by atoms with E-state index in [1.807, 2.05) is 0 Å². The fraction of sp³-hybridized carbons (Fsp3) is 0.263. The van der Waals surface area contributed by atoms with Crippen molar-refractivity contribution in [2.24, 2.45) is 0 Å². The van der Waals surface area contributed by atoms with Crippen LogP contribution >= 0.6 is 11.6 Å². The van der Waals surface area contributed by atoms with Crippen molar-refractivity contribution in [3.63, 3.8) is 0 Å². The van der Waals surface area contributed by atoms with Crippen molar-refractivity contribution >= 4 is 28.5 Å². The van der Waals surface area contributed by atoms with Gasteiger partial charge in [-0.3, -0.25) is 0 Å². The molecule has 26 heavy (non-hydrogen) atoms. The molecule has 134 valence electrons. The number of fused-ring (bicyclic) bond motifs is 1. The number of halogens is 2. The SMILES string of the molecule is Nc1nc(-c2ccc(F)c(Cl)c2)c2cc(O)c(OC3CCCC3)cc2n1. The van der Waals surface area contributed by atoms with Gasteiger partial charge in [-0.25, -0.2) is 14.4 Å². The van der Waals surface area contributed by atoms with Crippen molar-refractivity contribution in [3.05, 3.63) is 41.2 Å². The molecule has 0 saturated heterocycles. The minimum Gasteiger partial charge on any atom is -0.504 e. The summed E-state index contributed by atoms with van der Waals surface area (Å²) in [7, 11) is 0. The first-order valence-corrected chi connectivity index (χ1v) is 8.81. The van der Waals surface area contributed by atoms with Crippen LogP contribution in [0.5, 0.6) is 11.5 Å². The number of hydrogen-bond acceptors (Lipinski definition) is 5.